The summed E-state index contributed by atoms with van der Waals surface area (Å²) in [7, 11) is 2.29. The van der Waals surface area contributed by atoms with Gasteiger partial charge in [-0.1, -0.05) is 6.92 Å². The maximum atomic E-state index is 9.58. The second kappa shape index (κ2) is 6.45. The third-order valence-electron chi connectivity index (χ3n) is 5.40. The Hall–Kier alpha value is -0.590. The van der Waals surface area contributed by atoms with Crippen LogP contribution in [0.2, 0.25) is 0 Å². The molecule has 0 bridgehead atoms. The van der Waals surface area contributed by atoms with Crippen molar-refractivity contribution in [3.63, 3.8) is 0 Å². The molecule has 20 heavy (non-hydrogen) atoms. The van der Waals surface area contributed by atoms with Gasteiger partial charge in [0.2, 0.25) is 0 Å². The lowest BCUT2D eigenvalue weighted by molar-refractivity contribution is 0.121. The van der Waals surface area contributed by atoms with Crippen LogP contribution in [0.3, 0.4) is 0 Å². The monoisotopic (exact) mass is 277 g/mol. The molecule has 2 atom stereocenters. The predicted octanol–water partition coefficient (Wildman–Crippen LogP) is 3.31. The van der Waals surface area contributed by atoms with E-state index in [1.165, 1.54) is 25.7 Å². The van der Waals surface area contributed by atoms with E-state index < -0.39 is 0 Å². The molecule has 0 aromatic rings. The summed E-state index contributed by atoms with van der Waals surface area (Å²) in [5, 5.41) is 13.1. The molecule has 114 valence electrons. The molecule has 2 aliphatic carbocycles. The van der Waals surface area contributed by atoms with Crippen LogP contribution in [0.1, 0.15) is 65.7 Å². The lowest BCUT2D eigenvalue weighted by Crippen LogP contribution is -2.48. The molecule has 1 N–H and O–H groups in total. The van der Waals surface area contributed by atoms with Crippen molar-refractivity contribution in [3.05, 3.63) is 0 Å². The number of nitrogens with zero attached hydrogens (tertiary/aromatic N) is 2. The van der Waals surface area contributed by atoms with Gasteiger partial charge >= 0.3 is 0 Å². The van der Waals surface area contributed by atoms with Crippen LogP contribution in [0.4, 0.5) is 0 Å². The molecule has 3 nitrogen and oxygen atoms in total. The Labute approximate surface area is 124 Å². The summed E-state index contributed by atoms with van der Waals surface area (Å²) in [5.74, 6) is 0.907. The summed E-state index contributed by atoms with van der Waals surface area (Å²) in [6.45, 7) is 6.65. The Morgan fingerprint density at radius 2 is 1.80 bits per heavy atom. The van der Waals surface area contributed by atoms with Gasteiger partial charge < -0.3 is 4.90 Å². The summed E-state index contributed by atoms with van der Waals surface area (Å²) >= 11 is 0. The van der Waals surface area contributed by atoms with Gasteiger partial charge in [0.1, 0.15) is 5.54 Å². The van der Waals surface area contributed by atoms with E-state index in [2.05, 4.69) is 44.1 Å². The van der Waals surface area contributed by atoms with Gasteiger partial charge in [-0.05, 0) is 71.8 Å². The van der Waals surface area contributed by atoms with Gasteiger partial charge in [0.25, 0.3) is 0 Å². The van der Waals surface area contributed by atoms with E-state index in [0.29, 0.717) is 12.1 Å². The summed E-state index contributed by atoms with van der Waals surface area (Å²) in [5.41, 5.74) is -0.283. The predicted molar refractivity (Wildman–Crippen MR) is 83.4 cm³/mol. The normalized spacial score (nSPS) is 38.4. The molecule has 0 aromatic heterocycles. The van der Waals surface area contributed by atoms with Crippen LogP contribution in [0, 0.1) is 17.2 Å². The van der Waals surface area contributed by atoms with Crippen molar-refractivity contribution in [2.24, 2.45) is 5.92 Å². The molecule has 0 aliphatic heterocycles. The van der Waals surface area contributed by atoms with Crippen molar-refractivity contribution in [3.8, 4) is 6.07 Å². The van der Waals surface area contributed by atoms with Crippen LogP contribution >= 0.6 is 0 Å². The van der Waals surface area contributed by atoms with Gasteiger partial charge in [0.05, 0.1) is 6.07 Å². The van der Waals surface area contributed by atoms with Gasteiger partial charge in [-0.15, -0.1) is 0 Å². The zero-order valence-electron chi connectivity index (χ0n) is 13.7. The number of rotatable bonds is 4. The van der Waals surface area contributed by atoms with Crippen molar-refractivity contribution in [2.45, 2.75) is 89.4 Å². The van der Waals surface area contributed by atoms with Crippen LogP contribution in [0.5, 0.6) is 0 Å². The standard InChI is InChI=1S/C17H31N3/c1-13(2)19-17(12-18)10-9-16(11-17)20(4)15-7-5-14(3)6-8-15/h13-16,19H,5-11H2,1-4H3. The van der Waals surface area contributed by atoms with Crippen molar-refractivity contribution < 1.29 is 0 Å². The Balaban J connectivity index is 1.93. The molecule has 0 saturated heterocycles. The molecule has 0 spiro atoms. The fourth-order valence-electron chi connectivity index (χ4n) is 4.13. The quantitative estimate of drug-likeness (QED) is 0.857. The van der Waals surface area contributed by atoms with E-state index in [9.17, 15) is 5.26 Å². The fourth-order valence-corrected chi connectivity index (χ4v) is 4.13. The third-order valence-corrected chi connectivity index (χ3v) is 5.40. The van der Waals surface area contributed by atoms with Crippen molar-refractivity contribution in [2.75, 3.05) is 7.05 Å². The number of hydrogen-bond acceptors (Lipinski definition) is 3. The summed E-state index contributed by atoms with van der Waals surface area (Å²) in [4.78, 5) is 2.59. The Kier molecular flexibility index (Phi) is 5.09. The lowest BCUT2D eigenvalue weighted by atomic mass is 9.86. The zero-order valence-corrected chi connectivity index (χ0v) is 13.7. The van der Waals surface area contributed by atoms with Crippen LogP contribution in [0.15, 0.2) is 0 Å². The molecule has 2 rings (SSSR count). The highest BCUT2D eigenvalue weighted by Gasteiger charge is 2.42. The van der Waals surface area contributed by atoms with E-state index in [1.807, 2.05) is 0 Å². The van der Waals surface area contributed by atoms with Crippen molar-refractivity contribution in [1.82, 2.24) is 10.2 Å². The highest BCUT2D eigenvalue weighted by atomic mass is 15.2. The van der Waals surface area contributed by atoms with E-state index >= 15 is 0 Å². The Morgan fingerprint density at radius 3 is 2.35 bits per heavy atom. The SMILES string of the molecule is CC1CCC(N(C)C2CCC(C#N)(NC(C)C)C2)CC1. The van der Waals surface area contributed by atoms with Crippen LogP contribution < -0.4 is 5.32 Å². The molecule has 0 heterocycles. The van der Waals surface area contributed by atoms with Crippen LogP contribution in [-0.4, -0.2) is 35.6 Å². The third kappa shape index (κ3) is 3.54. The molecule has 0 radical (unpaired) electrons. The topological polar surface area (TPSA) is 39.1 Å². The van der Waals surface area contributed by atoms with E-state index in [-0.39, 0.29) is 5.54 Å². The highest BCUT2D eigenvalue weighted by molar-refractivity contribution is 5.14. The zero-order chi connectivity index (χ0) is 14.8. The minimum atomic E-state index is -0.283. The number of nitrogens with one attached hydrogen (secondary N) is 1. The maximum Gasteiger partial charge on any atom is 0.108 e. The smallest absolute Gasteiger partial charge is 0.108 e. The number of hydrogen-bond donors (Lipinski definition) is 1. The average molecular weight is 277 g/mol. The van der Waals surface area contributed by atoms with Gasteiger partial charge in [-0.2, -0.15) is 5.26 Å². The molecular weight excluding hydrogens is 246 g/mol. The summed E-state index contributed by atoms with van der Waals surface area (Å²) < 4.78 is 0. The average Bonchev–Trinajstić information content (AvgIpc) is 2.83. The Morgan fingerprint density at radius 1 is 1.15 bits per heavy atom. The highest BCUT2D eigenvalue weighted by Crippen LogP contribution is 2.36. The second-order valence-electron chi connectivity index (χ2n) is 7.47. The lowest BCUT2D eigenvalue weighted by Gasteiger charge is -2.37. The van der Waals surface area contributed by atoms with Crippen LogP contribution in [0.25, 0.3) is 0 Å². The van der Waals surface area contributed by atoms with Gasteiger partial charge in [-0.25, -0.2) is 0 Å². The summed E-state index contributed by atoms with van der Waals surface area (Å²) in [6, 6.07) is 4.27. The van der Waals surface area contributed by atoms with Crippen molar-refractivity contribution in [1.29, 1.82) is 5.26 Å². The Bertz CT molecular complexity index is 352. The first-order valence-electron chi connectivity index (χ1n) is 8.36. The molecule has 0 amide bonds. The van der Waals surface area contributed by atoms with Gasteiger partial charge in [0.15, 0.2) is 0 Å². The van der Waals surface area contributed by atoms with E-state index in [4.69, 9.17) is 0 Å². The minimum Gasteiger partial charge on any atom is -0.300 e. The van der Waals surface area contributed by atoms with Gasteiger partial charge in [-0.3, -0.25) is 5.32 Å². The molecule has 0 aromatic carbocycles. The molecular formula is C17H31N3. The molecule has 2 aliphatic rings. The number of nitriles is 1. The maximum absolute atomic E-state index is 9.58. The second-order valence-corrected chi connectivity index (χ2v) is 7.47. The molecule has 2 fully saturated rings. The van der Waals surface area contributed by atoms with Crippen molar-refractivity contribution >= 4 is 0 Å². The molecule has 2 saturated carbocycles. The van der Waals surface area contributed by atoms with Crippen LogP contribution in [-0.2, 0) is 0 Å². The van der Waals surface area contributed by atoms with Gasteiger partial charge in [0, 0.05) is 18.1 Å². The summed E-state index contributed by atoms with van der Waals surface area (Å²) in [6.07, 6.45) is 8.57. The first-order valence-corrected chi connectivity index (χ1v) is 8.36. The molecule has 2 unspecified atom stereocenters. The first kappa shape index (κ1) is 15.8. The van der Waals surface area contributed by atoms with E-state index in [0.717, 1.165) is 31.2 Å². The minimum absolute atomic E-state index is 0.283. The largest absolute Gasteiger partial charge is 0.300 e. The first-order chi connectivity index (χ1) is 9.46. The fraction of sp³-hybridized carbons (Fsp3) is 0.941. The van der Waals surface area contributed by atoms with E-state index in [1.54, 1.807) is 0 Å². The molecule has 3 heteroatoms.